The van der Waals surface area contributed by atoms with Gasteiger partial charge in [-0.3, -0.25) is 14.4 Å². The van der Waals surface area contributed by atoms with E-state index in [-0.39, 0.29) is 31.1 Å². The van der Waals surface area contributed by atoms with Crippen molar-refractivity contribution in [2.75, 3.05) is 13.2 Å². The number of carbonyl (C=O) groups is 3. The second kappa shape index (κ2) is 62.4. The lowest BCUT2D eigenvalue weighted by molar-refractivity contribution is -0.167. The summed E-state index contributed by atoms with van der Waals surface area (Å²) >= 11 is 0. The molecule has 0 aliphatic rings. The second-order valence-electron chi connectivity index (χ2n) is 20.2. The minimum atomic E-state index is -0.799. The quantitative estimate of drug-likeness (QED) is 0.0261. The molecule has 0 radical (unpaired) electrons. The molecule has 0 saturated carbocycles. The molecule has 1 atom stereocenters. The Morgan fingerprint density at radius 2 is 0.520 bits per heavy atom. The highest BCUT2D eigenvalue weighted by Gasteiger charge is 2.19. The van der Waals surface area contributed by atoms with Gasteiger partial charge < -0.3 is 14.2 Å². The first-order chi connectivity index (χ1) is 37.0. The smallest absolute Gasteiger partial charge is 0.306 e. The molecule has 0 bridgehead atoms. The summed E-state index contributed by atoms with van der Waals surface area (Å²) in [4.78, 5) is 38.3. The molecule has 6 heteroatoms. The minimum Gasteiger partial charge on any atom is -0.462 e. The van der Waals surface area contributed by atoms with Gasteiger partial charge >= 0.3 is 17.9 Å². The third-order valence-corrected chi connectivity index (χ3v) is 12.9. The second-order valence-corrected chi connectivity index (χ2v) is 20.2. The maximum atomic E-state index is 12.9. The van der Waals surface area contributed by atoms with Crippen LogP contribution in [0.15, 0.2) is 122 Å². The fourth-order valence-electron chi connectivity index (χ4n) is 8.27. The largest absolute Gasteiger partial charge is 0.462 e. The van der Waals surface area contributed by atoms with Gasteiger partial charge in [-0.15, -0.1) is 0 Å². The Labute approximate surface area is 462 Å². The van der Waals surface area contributed by atoms with E-state index in [9.17, 15) is 14.4 Å². The van der Waals surface area contributed by atoms with E-state index in [0.717, 1.165) is 148 Å². The van der Waals surface area contributed by atoms with Gasteiger partial charge in [-0.1, -0.05) is 245 Å². The van der Waals surface area contributed by atoms with E-state index in [1.807, 2.05) is 0 Å². The van der Waals surface area contributed by atoms with E-state index in [0.29, 0.717) is 19.3 Å². The molecule has 0 N–H and O–H groups in total. The summed E-state index contributed by atoms with van der Waals surface area (Å²) in [6.45, 7) is 6.46. The summed E-state index contributed by atoms with van der Waals surface area (Å²) in [5.74, 6) is -0.928. The van der Waals surface area contributed by atoms with Crippen molar-refractivity contribution in [3.63, 3.8) is 0 Å². The molecule has 0 saturated heterocycles. The monoisotopic (exact) mass is 1040 g/mol. The van der Waals surface area contributed by atoms with Crippen molar-refractivity contribution in [1.82, 2.24) is 0 Å². The van der Waals surface area contributed by atoms with Crippen LogP contribution in [0.5, 0.6) is 0 Å². The Morgan fingerprint density at radius 1 is 0.280 bits per heavy atom. The Hall–Kier alpha value is -4.19. The molecule has 0 aromatic heterocycles. The van der Waals surface area contributed by atoms with Crippen LogP contribution in [0.1, 0.15) is 278 Å². The summed E-state index contributed by atoms with van der Waals surface area (Å²) in [7, 11) is 0. The summed E-state index contributed by atoms with van der Waals surface area (Å²) < 4.78 is 16.9. The lowest BCUT2D eigenvalue weighted by Gasteiger charge is -2.18. The lowest BCUT2D eigenvalue weighted by Crippen LogP contribution is -2.30. The van der Waals surface area contributed by atoms with E-state index in [1.165, 1.54) is 89.9 Å². The molecular weight excluding hydrogens is 925 g/mol. The molecule has 0 aromatic rings. The van der Waals surface area contributed by atoms with E-state index in [4.69, 9.17) is 14.2 Å². The molecule has 6 nitrogen and oxygen atoms in total. The van der Waals surface area contributed by atoms with Gasteiger partial charge in [-0.2, -0.15) is 0 Å². The normalized spacial score (nSPS) is 12.9. The fourth-order valence-corrected chi connectivity index (χ4v) is 8.27. The number of unbranched alkanes of at least 4 members (excludes halogenated alkanes) is 24. The van der Waals surface area contributed by atoms with Crippen LogP contribution in [0.4, 0.5) is 0 Å². The van der Waals surface area contributed by atoms with Crippen LogP contribution in [0.25, 0.3) is 0 Å². The molecule has 1 unspecified atom stereocenters. The van der Waals surface area contributed by atoms with Crippen molar-refractivity contribution >= 4 is 17.9 Å². The molecule has 0 amide bonds. The highest BCUT2D eigenvalue weighted by atomic mass is 16.6. The predicted octanol–water partition coefficient (Wildman–Crippen LogP) is 21.2. The molecule has 0 rings (SSSR count). The van der Waals surface area contributed by atoms with Gasteiger partial charge in [-0.25, -0.2) is 0 Å². The molecule has 0 aliphatic heterocycles. The fraction of sp³-hybridized carbons (Fsp3) is 0.667. The molecule has 426 valence electrons. The average Bonchev–Trinajstić information content (AvgIpc) is 3.41. The molecule has 0 fully saturated rings. The Balaban J connectivity index is 4.42. The highest BCUT2D eigenvalue weighted by Crippen LogP contribution is 2.14. The van der Waals surface area contributed by atoms with E-state index in [1.54, 1.807) is 0 Å². The van der Waals surface area contributed by atoms with Gasteiger partial charge in [0.25, 0.3) is 0 Å². The maximum Gasteiger partial charge on any atom is 0.306 e. The van der Waals surface area contributed by atoms with Crippen molar-refractivity contribution in [3.8, 4) is 0 Å². The van der Waals surface area contributed by atoms with E-state index in [2.05, 4.69) is 142 Å². The SMILES string of the molecule is CC/C=C\C/C=C\C/C=C\C/C=C\C/C=C\C/C=C\CCCCCCCCC(=O)OCC(COC(=O)CCCCCCC/C=C\CCCCCC)OC(=O)CCCCCCCC/C=C\C/C=C\C/C=C\CCCCC. The number of hydrogen-bond acceptors (Lipinski definition) is 6. The number of carbonyl (C=O) groups excluding carboxylic acids is 3. The molecule has 0 heterocycles. The van der Waals surface area contributed by atoms with E-state index >= 15 is 0 Å². The third kappa shape index (κ3) is 60.6. The Morgan fingerprint density at radius 3 is 0.853 bits per heavy atom. The summed E-state index contributed by atoms with van der Waals surface area (Å²) in [5, 5.41) is 0. The predicted molar refractivity (Wildman–Crippen MR) is 325 cm³/mol. The zero-order valence-electron chi connectivity index (χ0n) is 48.8. The summed E-state index contributed by atoms with van der Waals surface area (Å²) in [5.41, 5.74) is 0. The van der Waals surface area contributed by atoms with Gasteiger partial charge in [0.2, 0.25) is 0 Å². The van der Waals surface area contributed by atoms with Crippen molar-refractivity contribution in [1.29, 1.82) is 0 Å². The zero-order chi connectivity index (χ0) is 54.3. The molecule has 0 aliphatic carbocycles. The van der Waals surface area contributed by atoms with Gasteiger partial charge in [0.1, 0.15) is 13.2 Å². The molecule has 75 heavy (non-hydrogen) atoms. The summed E-state index contributed by atoms with van der Waals surface area (Å²) in [6, 6.07) is 0. The number of rotatable bonds is 55. The van der Waals surface area contributed by atoms with Crippen molar-refractivity contribution in [2.45, 2.75) is 284 Å². The average molecular weight is 1040 g/mol. The standard InChI is InChI=1S/C69H114O6/c1-4-7-10-13-16-19-22-25-27-29-31-32-33-34-35-36-38-39-41-44-47-50-53-56-59-62-68(71)74-65-66(64-73-67(70)61-58-55-52-49-46-43-24-21-18-15-12-9-6-3)75-69(72)63-60-57-54-51-48-45-42-40-37-30-28-26-23-20-17-14-11-8-5-2/h7,10,16-17,19-21,24-28,31-32,34-35,37-40,66H,4-6,8-9,11-15,18,22-23,29-30,33,36,41-65H2,1-3H3/b10-7-,19-16-,20-17-,24-21-,27-25-,28-26-,32-31-,35-34-,39-38-,40-37-. The zero-order valence-corrected chi connectivity index (χ0v) is 48.8. The van der Waals surface area contributed by atoms with Gasteiger partial charge in [0.05, 0.1) is 0 Å². The first-order valence-electron chi connectivity index (χ1n) is 31.0. The van der Waals surface area contributed by atoms with Crippen LogP contribution < -0.4 is 0 Å². The summed E-state index contributed by atoms with van der Waals surface area (Å²) in [6.07, 6.45) is 86.2. The number of ether oxygens (including phenoxy) is 3. The topological polar surface area (TPSA) is 78.9 Å². The molecule has 0 spiro atoms. The number of allylic oxidation sites excluding steroid dienone is 20. The van der Waals surface area contributed by atoms with Crippen LogP contribution in [-0.2, 0) is 28.6 Å². The van der Waals surface area contributed by atoms with Gasteiger partial charge in [0.15, 0.2) is 6.10 Å². The van der Waals surface area contributed by atoms with E-state index < -0.39 is 6.10 Å². The van der Waals surface area contributed by atoms with Crippen LogP contribution in [-0.4, -0.2) is 37.2 Å². The van der Waals surface area contributed by atoms with Crippen LogP contribution in [0, 0.1) is 0 Å². The van der Waals surface area contributed by atoms with Crippen molar-refractivity contribution in [2.24, 2.45) is 0 Å². The van der Waals surface area contributed by atoms with Crippen LogP contribution >= 0.6 is 0 Å². The Bertz CT molecular complexity index is 1570. The molecule has 0 aromatic carbocycles. The van der Waals surface area contributed by atoms with Gasteiger partial charge in [0, 0.05) is 19.3 Å². The minimum absolute atomic E-state index is 0.0948. The lowest BCUT2D eigenvalue weighted by atomic mass is 10.1. The van der Waals surface area contributed by atoms with Crippen molar-refractivity contribution in [3.05, 3.63) is 122 Å². The maximum absolute atomic E-state index is 12.9. The first kappa shape index (κ1) is 70.8. The van der Waals surface area contributed by atoms with Crippen molar-refractivity contribution < 1.29 is 28.6 Å². The highest BCUT2D eigenvalue weighted by molar-refractivity contribution is 5.71. The number of hydrogen-bond donors (Lipinski definition) is 0. The van der Waals surface area contributed by atoms with Crippen LogP contribution in [0.3, 0.4) is 0 Å². The first-order valence-corrected chi connectivity index (χ1v) is 31.0. The third-order valence-electron chi connectivity index (χ3n) is 12.9. The Kier molecular flexibility index (Phi) is 58.9. The molecular formula is C69H114O6. The van der Waals surface area contributed by atoms with Crippen LogP contribution in [0.2, 0.25) is 0 Å². The van der Waals surface area contributed by atoms with Gasteiger partial charge in [-0.05, 0) is 135 Å². The number of esters is 3.